The van der Waals surface area contributed by atoms with E-state index in [1.807, 2.05) is 18.2 Å². The third-order valence-corrected chi connectivity index (χ3v) is 8.18. The van der Waals surface area contributed by atoms with Gasteiger partial charge in [-0.15, -0.1) is 0 Å². The lowest BCUT2D eigenvalue weighted by atomic mass is 9.90. The van der Waals surface area contributed by atoms with Crippen molar-refractivity contribution in [3.8, 4) is 0 Å². The van der Waals surface area contributed by atoms with Gasteiger partial charge in [-0.3, -0.25) is 4.98 Å². The van der Waals surface area contributed by atoms with Crippen LogP contribution in [0.15, 0.2) is 64.5 Å². The standard InChI is InChI=1S/C23H22F3N3O2S/c24-23(25,26)18-2-1-3-20(10-18)32(30,31)21-9-16-8-19(4-5-22(16)28-12-21)29-13-15-6-7-27-11-17(15)14-29/h1-5,8-10,12,15,17,27H,6-7,11,13-14H2. The molecule has 2 aliphatic heterocycles. The van der Waals surface area contributed by atoms with Crippen molar-refractivity contribution in [2.75, 3.05) is 31.1 Å². The van der Waals surface area contributed by atoms with Crippen LogP contribution in [0.3, 0.4) is 0 Å². The van der Waals surface area contributed by atoms with Crippen LogP contribution in [-0.2, 0) is 16.0 Å². The summed E-state index contributed by atoms with van der Waals surface area (Å²) in [6.45, 7) is 3.95. The van der Waals surface area contributed by atoms with Crippen molar-refractivity contribution >= 4 is 26.4 Å². The minimum Gasteiger partial charge on any atom is -0.371 e. The Morgan fingerprint density at radius 3 is 2.59 bits per heavy atom. The quantitative estimate of drug-likeness (QED) is 0.636. The Morgan fingerprint density at radius 2 is 1.81 bits per heavy atom. The van der Waals surface area contributed by atoms with E-state index in [1.54, 1.807) is 0 Å². The number of rotatable bonds is 3. The molecule has 3 heterocycles. The molecule has 0 saturated carbocycles. The Bertz CT molecular complexity index is 1260. The van der Waals surface area contributed by atoms with E-state index >= 15 is 0 Å². The van der Waals surface area contributed by atoms with Crippen LogP contribution in [0.2, 0.25) is 0 Å². The molecule has 5 rings (SSSR count). The number of halogens is 3. The van der Waals surface area contributed by atoms with Crippen LogP contribution in [0.25, 0.3) is 10.9 Å². The zero-order chi connectivity index (χ0) is 22.5. The molecule has 2 fully saturated rings. The van der Waals surface area contributed by atoms with Crippen LogP contribution in [-0.4, -0.2) is 39.6 Å². The monoisotopic (exact) mass is 461 g/mol. The fraction of sp³-hybridized carbons (Fsp3) is 0.348. The fourth-order valence-corrected chi connectivity index (χ4v) is 5.99. The first-order valence-electron chi connectivity index (χ1n) is 10.5. The lowest BCUT2D eigenvalue weighted by Crippen LogP contribution is -2.35. The maximum absolute atomic E-state index is 13.1. The third-order valence-electron chi connectivity index (χ3n) is 6.46. The molecule has 0 spiro atoms. The Balaban J connectivity index is 1.49. The molecule has 0 aliphatic carbocycles. The normalized spacial score (nSPS) is 21.7. The van der Waals surface area contributed by atoms with Crippen molar-refractivity contribution in [3.63, 3.8) is 0 Å². The molecule has 9 heteroatoms. The average Bonchev–Trinajstić information content (AvgIpc) is 3.22. The molecule has 5 nitrogen and oxygen atoms in total. The summed E-state index contributed by atoms with van der Waals surface area (Å²) in [5.41, 5.74) is 0.636. The maximum Gasteiger partial charge on any atom is 0.416 e. The summed E-state index contributed by atoms with van der Waals surface area (Å²) < 4.78 is 65.2. The van der Waals surface area contributed by atoms with Crippen LogP contribution in [0, 0.1) is 11.8 Å². The first kappa shape index (κ1) is 21.2. The van der Waals surface area contributed by atoms with Gasteiger partial charge in [-0.2, -0.15) is 13.2 Å². The zero-order valence-corrected chi connectivity index (χ0v) is 18.0. The number of aromatic nitrogens is 1. The molecule has 1 aromatic heterocycles. The Morgan fingerprint density at radius 1 is 1.00 bits per heavy atom. The predicted octanol–water partition coefficient (Wildman–Crippen LogP) is 4.13. The molecule has 1 N–H and O–H groups in total. The van der Waals surface area contributed by atoms with Crippen molar-refractivity contribution in [2.45, 2.75) is 22.4 Å². The van der Waals surface area contributed by atoms with Crippen LogP contribution >= 0.6 is 0 Å². The van der Waals surface area contributed by atoms with E-state index in [-0.39, 0.29) is 4.90 Å². The second-order valence-electron chi connectivity index (χ2n) is 8.49. The summed E-state index contributed by atoms with van der Waals surface area (Å²) in [6.07, 6.45) is -2.27. The molecule has 2 aliphatic rings. The van der Waals surface area contributed by atoms with Crippen LogP contribution in [0.4, 0.5) is 18.9 Å². The molecule has 2 atom stereocenters. The maximum atomic E-state index is 13.1. The summed E-state index contributed by atoms with van der Waals surface area (Å²) in [4.78, 5) is 6.04. The smallest absolute Gasteiger partial charge is 0.371 e. The number of fused-ring (bicyclic) bond motifs is 2. The number of anilines is 1. The van der Waals surface area contributed by atoms with Crippen molar-refractivity contribution in [2.24, 2.45) is 11.8 Å². The second-order valence-corrected chi connectivity index (χ2v) is 10.4. The summed E-state index contributed by atoms with van der Waals surface area (Å²) in [5, 5.41) is 4.08. The van der Waals surface area contributed by atoms with Gasteiger partial charge in [0.1, 0.15) is 0 Å². The SMILES string of the molecule is O=S(=O)(c1cccc(C(F)(F)F)c1)c1cnc2ccc(N3CC4CCNCC4C3)cc2c1. The van der Waals surface area contributed by atoms with Gasteiger partial charge in [0.15, 0.2) is 0 Å². The number of nitrogens with zero attached hydrogens (tertiary/aromatic N) is 2. The third kappa shape index (κ3) is 3.84. The van der Waals surface area contributed by atoms with Gasteiger partial charge < -0.3 is 10.2 Å². The number of piperidine rings is 1. The van der Waals surface area contributed by atoms with Crippen LogP contribution < -0.4 is 10.2 Å². The van der Waals surface area contributed by atoms with Gasteiger partial charge in [0.05, 0.1) is 20.9 Å². The van der Waals surface area contributed by atoms with Crippen molar-refractivity contribution in [1.29, 1.82) is 0 Å². The number of alkyl halides is 3. The number of sulfone groups is 1. The average molecular weight is 462 g/mol. The number of pyridine rings is 1. The Hall–Kier alpha value is -2.65. The van der Waals surface area contributed by atoms with Crippen LogP contribution in [0.1, 0.15) is 12.0 Å². The van der Waals surface area contributed by atoms with E-state index in [0.717, 1.165) is 50.4 Å². The lowest BCUT2D eigenvalue weighted by Gasteiger charge is -2.23. The first-order chi connectivity index (χ1) is 15.2. The van der Waals surface area contributed by atoms with E-state index in [4.69, 9.17) is 0 Å². The molecule has 3 aromatic rings. The number of benzene rings is 2. The summed E-state index contributed by atoms with van der Waals surface area (Å²) in [5.74, 6) is 1.25. The topological polar surface area (TPSA) is 62.3 Å². The van der Waals surface area contributed by atoms with E-state index < -0.39 is 26.5 Å². The first-order valence-corrected chi connectivity index (χ1v) is 12.0. The van der Waals surface area contributed by atoms with Gasteiger partial charge in [-0.1, -0.05) is 6.07 Å². The van der Waals surface area contributed by atoms with E-state index in [0.29, 0.717) is 28.8 Å². The van der Waals surface area contributed by atoms with Gasteiger partial charge in [-0.25, -0.2) is 8.42 Å². The van der Waals surface area contributed by atoms with Crippen molar-refractivity contribution in [1.82, 2.24) is 10.3 Å². The van der Waals surface area contributed by atoms with Gasteiger partial charge in [0, 0.05) is 30.4 Å². The van der Waals surface area contributed by atoms with E-state index in [1.165, 1.54) is 18.3 Å². The molecule has 2 aromatic carbocycles. The van der Waals surface area contributed by atoms with Crippen molar-refractivity contribution in [3.05, 3.63) is 60.3 Å². The van der Waals surface area contributed by atoms with E-state index in [9.17, 15) is 21.6 Å². The summed E-state index contributed by atoms with van der Waals surface area (Å²) in [7, 11) is -4.15. The molecule has 0 bridgehead atoms. The number of nitrogens with one attached hydrogen (secondary N) is 1. The molecular formula is C23H22F3N3O2S. The van der Waals surface area contributed by atoms with Gasteiger partial charge in [-0.05, 0) is 73.8 Å². The van der Waals surface area contributed by atoms with Crippen LogP contribution in [0.5, 0.6) is 0 Å². The van der Waals surface area contributed by atoms with Gasteiger partial charge >= 0.3 is 6.18 Å². The zero-order valence-electron chi connectivity index (χ0n) is 17.1. The molecule has 2 unspecified atom stereocenters. The second kappa shape index (κ2) is 7.74. The number of hydrogen-bond acceptors (Lipinski definition) is 5. The lowest BCUT2D eigenvalue weighted by molar-refractivity contribution is -0.137. The molecule has 32 heavy (non-hydrogen) atoms. The highest BCUT2D eigenvalue weighted by molar-refractivity contribution is 7.91. The molecular weight excluding hydrogens is 439 g/mol. The summed E-state index contributed by atoms with van der Waals surface area (Å²) in [6, 6.07) is 11.0. The van der Waals surface area contributed by atoms with Crippen molar-refractivity contribution < 1.29 is 21.6 Å². The molecule has 168 valence electrons. The van der Waals surface area contributed by atoms with Gasteiger partial charge in [0.2, 0.25) is 9.84 Å². The highest BCUT2D eigenvalue weighted by atomic mass is 32.2. The Kier molecular flexibility index (Phi) is 5.13. The molecule has 0 amide bonds. The minimum absolute atomic E-state index is 0.124. The largest absolute Gasteiger partial charge is 0.416 e. The summed E-state index contributed by atoms with van der Waals surface area (Å²) >= 11 is 0. The van der Waals surface area contributed by atoms with Gasteiger partial charge in [0.25, 0.3) is 0 Å². The minimum atomic E-state index is -4.62. The highest BCUT2D eigenvalue weighted by Gasteiger charge is 2.35. The molecule has 2 saturated heterocycles. The Labute approximate surface area is 184 Å². The number of hydrogen-bond donors (Lipinski definition) is 1. The molecule has 0 radical (unpaired) electrons. The fourth-order valence-electron chi connectivity index (χ4n) is 4.70. The highest BCUT2D eigenvalue weighted by Crippen LogP contribution is 2.34. The van der Waals surface area contributed by atoms with E-state index in [2.05, 4.69) is 15.2 Å². The predicted molar refractivity (Wildman–Crippen MR) is 115 cm³/mol.